The molecule has 88 valence electrons. The fourth-order valence-electron chi connectivity index (χ4n) is 2.63. The molecule has 1 aromatic rings. The maximum atomic E-state index is 5.85. The van der Waals surface area contributed by atoms with Crippen LogP contribution in [0.3, 0.4) is 0 Å². The van der Waals surface area contributed by atoms with Gasteiger partial charge in [0.05, 0.1) is 24.2 Å². The van der Waals surface area contributed by atoms with Crippen molar-refractivity contribution in [3.05, 3.63) is 11.7 Å². The van der Waals surface area contributed by atoms with Crippen molar-refractivity contribution >= 4 is 0 Å². The van der Waals surface area contributed by atoms with E-state index in [-0.39, 0.29) is 6.04 Å². The molecule has 2 saturated heterocycles. The van der Waals surface area contributed by atoms with Crippen molar-refractivity contribution in [3.8, 4) is 0 Å². The van der Waals surface area contributed by atoms with Gasteiger partial charge in [-0.3, -0.25) is 0 Å². The first kappa shape index (κ1) is 10.2. The molecule has 16 heavy (non-hydrogen) atoms. The molecule has 0 amide bonds. The van der Waals surface area contributed by atoms with E-state index in [4.69, 9.17) is 15.0 Å². The van der Waals surface area contributed by atoms with Crippen LogP contribution >= 0.6 is 0 Å². The third-order valence-corrected chi connectivity index (χ3v) is 3.65. The molecule has 0 radical (unpaired) electrons. The van der Waals surface area contributed by atoms with E-state index < -0.39 is 0 Å². The summed E-state index contributed by atoms with van der Waals surface area (Å²) in [7, 11) is 0. The van der Waals surface area contributed by atoms with Gasteiger partial charge in [0.1, 0.15) is 0 Å². The Morgan fingerprint density at radius 2 is 2.38 bits per heavy atom. The molecule has 1 aromatic heterocycles. The highest BCUT2D eigenvalue weighted by Gasteiger charge is 2.43. The number of hydrogen-bond acceptors (Lipinski definition) is 5. The lowest BCUT2D eigenvalue weighted by molar-refractivity contribution is 0.0996. The summed E-state index contributed by atoms with van der Waals surface area (Å²) in [6, 6.07) is -0.138. The molecular formula is C11H17N3O2. The maximum absolute atomic E-state index is 5.85. The zero-order valence-corrected chi connectivity index (χ0v) is 9.43. The lowest BCUT2D eigenvalue weighted by Gasteiger charge is -2.13. The van der Waals surface area contributed by atoms with Crippen LogP contribution in [0.15, 0.2) is 4.52 Å². The number of fused-ring (bicyclic) bond motifs is 2. The van der Waals surface area contributed by atoms with E-state index in [9.17, 15) is 0 Å². The van der Waals surface area contributed by atoms with Crippen LogP contribution in [0.4, 0.5) is 0 Å². The van der Waals surface area contributed by atoms with Crippen molar-refractivity contribution < 1.29 is 9.26 Å². The quantitative estimate of drug-likeness (QED) is 0.840. The average molecular weight is 223 g/mol. The van der Waals surface area contributed by atoms with Crippen LogP contribution < -0.4 is 5.73 Å². The Bertz CT molecular complexity index is 379. The molecule has 4 atom stereocenters. The first-order valence-electron chi connectivity index (χ1n) is 6.02. The average Bonchev–Trinajstić information content (AvgIpc) is 3.02. The molecule has 0 aromatic carbocycles. The maximum Gasteiger partial charge on any atom is 0.243 e. The number of hydrogen-bond donors (Lipinski definition) is 1. The highest BCUT2D eigenvalue weighted by molar-refractivity contribution is 5.07. The van der Waals surface area contributed by atoms with E-state index in [2.05, 4.69) is 10.1 Å². The summed E-state index contributed by atoms with van der Waals surface area (Å²) in [6.45, 7) is 2.01. The zero-order valence-electron chi connectivity index (χ0n) is 9.43. The molecule has 0 spiro atoms. The van der Waals surface area contributed by atoms with E-state index in [1.54, 1.807) is 0 Å². The van der Waals surface area contributed by atoms with Crippen LogP contribution in [0.2, 0.25) is 0 Å². The van der Waals surface area contributed by atoms with Gasteiger partial charge in [-0.25, -0.2) is 0 Å². The molecule has 3 heterocycles. The number of nitrogens with zero attached hydrogens (tertiary/aromatic N) is 2. The van der Waals surface area contributed by atoms with Gasteiger partial charge in [-0.1, -0.05) is 12.1 Å². The van der Waals surface area contributed by atoms with Crippen LogP contribution in [0.25, 0.3) is 0 Å². The normalized spacial score (nSPS) is 34.5. The van der Waals surface area contributed by atoms with Crippen LogP contribution in [-0.2, 0) is 4.74 Å². The first-order valence-corrected chi connectivity index (χ1v) is 6.02. The van der Waals surface area contributed by atoms with Crippen LogP contribution in [-0.4, -0.2) is 22.3 Å². The van der Waals surface area contributed by atoms with Gasteiger partial charge < -0.3 is 15.0 Å². The molecule has 2 fully saturated rings. The van der Waals surface area contributed by atoms with Gasteiger partial charge in [0, 0.05) is 0 Å². The Hall–Kier alpha value is -0.940. The molecule has 2 N–H and O–H groups in total. The Morgan fingerprint density at radius 1 is 1.50 bits per heavy atom. The van der Waals surface area contributed by atoms with Gasteiger partial charge in [-0.2, -0.15) is 4.98 Å². The largest absolute Gasteiger partial charge is 0.374 e. The highest BCUT2D eigenvalue weighted by Crippen LogP contribution is 2.43. The van der Waals surface area contributed by atoms with Crippen molar-refractivity contribution in [2.24, 2.45) is 5.73 Å². The minimum atomic E-state index is -0.138. The van der Waals surface area contributed by atoms with E-state index in [1.807, 2.05) is 6.92 Å². The predicted molar refractivity (Wildman–Crippen MR) is 56.8 cm³/mol. The van der Waals surface area contributed by atoms with E-state index in [0.29, 0.717) is 24.0 Å². The number of aromatic nitrogens is 2. The summed E-state index contributed by atoms with van der Waals surface area (Å²) in [5.74, 6) is 1.66. The van der Waals surface area contributed by atoms with Crippen molar-refractivity contribution in [1.29, 1.82) is 0 Å². The second kappa shape index (κ2) is 3.82. The van der Waals surface area contributed by atoms with Gasteiger partial charge in [0.25, 0.3) is 0 Å². The summed E-state index contributed by atoms with van der Waals surface area (Å²) < 4.78 is 11.0. The molecular weight excluding hydrogens is 206 g/mol. The topological polar surface area (TPSA) is 74.2 Å². The van der Waals surface area contributed by atoms with Crippen molar-refractivity contribution in [2.75, 3.05) is 0 Å². The summed E-state index contributed by atoms with van der Waals surface area (Å²) in [5, 5.41) is 4.04. The molecule has 0 saturated carbocycles. The molecule has 5 heteroatoms. The lowest BCUT2D eigenvalue weighted by atomic mass is 9.89. The third kappa shape index (κ3) is 1.55. The van der Waals surface area contributed by atoms with E-state index in [0.717, 1.165) is 25.1 Å². The SMILES string of the molecule is CCC(N)c1nc(C2CC3CCC2O3)no1. The molecule has 5 nitrogen and oxygen atoms in total. The summed E-state index contributed by atoms with van der Waals surface area (Å²) >= 11 is 0. The Labute approximate surface area is 94.3 Å². The van der Waals surface area contributed by atoms with Crippen molar-refractivity contribution in [3.63, 3.8) is 0 Å². The minimum Gasteiger partial charge on any atom is -0.374 e. The predicted octanol–water partition coefficient (Wildman–Crippen LogP) is 1.51. The molecule has 3 rings (SSSR count). The van der Waals surface area contributed by atoms with Crippen LogP contribution in [0.1, 0.15) is 56.3 Å². The Morgan fingerprint density at radius 3 is 3.00 bits per heavy atom. The van der Waals surface area contributed by atoms with Gasteiger partial charge in [0.15, 0.2) is 5.82 Å². The Kier molecular flexibility index (Phi) is 2.44. The molecule has 2 bridgehead atoms. The highest BCUT2D eigenvalue weighted by atomic mass is 16.5. The molecule has 2 aliphatic rings. The molecule has 0 aliphatic carbocycles. The zero-order chi connectivity index (χ0) is 11.1. The van der Waals surface area contributed by atoms with E-state index >= 15 is 0 Å². The van der Waals surface area contributed by atoms with Crippen molar-refractivity contribution in [1.82, 2.24) is 10.1 Å². The second-order valence-electron chi connectivity index (χ2n) is 4.72. The molecule has 2 aliphatic heterocycles. The van der Waals surface area contributed by atoms with Gasteiger partial charge in [-0.05, 0) is 25.7 Å². The second-order valence-corrected chi connectivity index (χ2v) is 4.72. The Balaban J connectivity index is 1.77. The minimum absolute atomic E-state index is 0.138. The number of nitrogens with two attached hydrogens (primary N) is 1. The fourth-order valence-corrected chi connectivity index (χ4v) is 2.63. The van der Waals surface area contributed by atoms with Gasteiger partial charge in [-0.15, -0.1) is 0 Å². The summed E-state index contributed by atoms with van der Waals surface area (Å²) in [5.41, 5.74) is 5.85. The smallest absolute Gasteiger partial charge is 0.243 e. The van der Waals surface area contributed by atoms with Crippen molar-refractivity contribution in [2.45, 2.75) is 56.8 Å². The third-order valence-electron chi connectivity index (χ3n) is 3.65. The first-order chi connectivity index (χ1) is 7.78. The number of rotatable bonds is 3. The van der Waals surface area contributed by atoms with E-state index in [1.165, 1.54) is 6.42 Å². The summed E-state index contributed by atoms with van der Waals surface area (Å²) in [4.78, 5) is 4.40. The lowest BCUT2D eigenvalue weighted by Crippen LogP contribution is -2.16. The van der Waals surface area contributed by atoms with Gasteiger partial charge >= 0.3 is 0 Å². The van der Waals surface area contributed by atoms with Gasteiger partial charge in [0.2, 0.25) is 5.89 Å². The standard InChI is InChI=1S/C11H17N3O2/c1-2-8(12)11-13-10(14-16-11)7-5-6-3-4-9(7)15-6/h6-9H,2-5,12H2,1H3. The van der Waals surface area contributed by atoms with Crippen LogP contribution in [0, 0.1) is 0 Å². The summed E-state index contributed by atoms with van der Waals surface area (Å²) in [6.07, 6.45) is 4.87. The van der Waals surface area contributed by atoms with Crippen LogP contribution in [0.5, 0.6) is 0 Å². The fraction of sp³-hybridized carbons (Fsp3) is 0.818. The monoisotopic (exact) mass is 223 g/mol. The number of ether oxygens (including phenoxy) is 1. The molecule has 4 unspecified atom stereocenters.